The number of aromatic amines is 1. The summed E-state index contributed by atoms with van der Waals surface area (Å²) < 4.78 is 0. The van der Waals surface area contributed by atoms with Gasteiger partial charge in [-0.15, -0.1) is 0 Å². The van der Waals surface area contributed by atoms with E-state index in [1.54, 1.807) is 0 Å². The monoisotopic (exact) mass is 295 g/mol. The Balaban J connectivity index is 2.19. The number of hydrogen-bond acceptors (Lipinski definition) is 1. The molecule has 0 saturated carbocycles. The summed E-state index contributed by atoms with van der Waals surface area (Å²) in [6.45, 7) is 8.32. The number of allylic oxidation sites excluding steroid dienone is 4. The van der Waals surface area contributed by atoms with Gasteiger partial charge in [0.15, 0.2) is 5.43 Å². The Hall–Kier alpha value is -2.09. The third kappa shape index (κ3) is 3.97. The van der Waals surface area contributed by atoms with Crippen LogP contribution < -0.4 is 5.43 Å². The standard InChI is InChI=1S/C20H25NO/c1-14(2)8-7-9-15(3)12-13-18-16(4)20(22)17-10-5-6-11-19(17)21-18/h5-6,8,10-12H,7,9,13H2,1-4H3,(H,21,22)/b15-12+. The van der Waals surface area contributed by atoms with Gasteiger partial charge in [-0.3, -0.25) is 4.79 Å². The molecule has 0 atom stereocenters. The second-order valence-corrected chi connectivity index (χ2v) is 6.18. The average Bonchev–Trinajstić information content (AvgIpc) is 2.49. The van der Waals surface area contributed by atoms with E-state index in [0.717, 1.165) is 41.4 Å². The molecule has 2 nitrogen and oxygen atoms in total. The Bertz CT molecular complexity index is 774. The summed E-state index contributed by atoms with van der Waals surface area (Å²) in [5.74, 6) is 0. The van der Waals surface area contributed by atoms with Gasteiger partial charge < -0.3 is 4.98 Å². The lowest BCUT2D eigenvalue weighted by Gasteiger charge is -2.07. The number of para-hydroxylation sites is 1. The van der Waals surface area contributed by atoms with E-state index in [1.165, 1.54) is 11.1 Å². The van der Waals surface area contributed by atoms with Gasteiger partial charge in [0, 0.05) is 28.6 Å². The molecule has 0 aliphatic heterocycles. The molecular weight excluding hydrogens is 270 g/mol. The van der Waals surface area contributed by atoms with Crippen molar-refractivity contribution in [2.75, 3.05) is 0 Å². The van der Waals surface area contributed by atoms with Gasteiger partial charge in [-0.2, -0.15) is 0 Å². The lowest BCUT2D eigenvalue weighted by Crippen LogP contribution is -2.11. The third-order valence-electron chi connectivity index (χ3n) is 4.00. The molecule has 1 aromatic heterocycles. The van der Waals surface area contributed by atoms with E-state index in [4.69, 9.17) is 0 Å². The van der Waals surface area contributed by atoms with Gasteiger partial charge in [-0.05, 0) is 52.7 Å². The number of benzene rings is 1. The number of rotatable bonds is 5. The molecule has 0 unspecified atom stereocenters. The maximum Gasteiger partial charge on any atom is 0.192 e. The largest absolute Gasteiger partial charge is 0.358 e. The second-order valence-electron chi connectivity index (χ2n) is 6.18. The zero-order chi connectivity index (χ0) is 16.1. The highest BCUT2D eigenvalue weighted by molar-refractivity contribution is 5.79. The summed E-state index contributed by atoms with van der Waals surface area (Å²) in [6.07, 6.45) is 7.43. The Morgan fingerprint density at radius 3 is 2.59 bits per heavy atom. The average molecular weight is 295 g/mol. The molecule has 0 aliphatic carbocycles. The van der Waals surface area contributed by atoms with Crippen LogP contribution in [-0.4, -0.2) is 4.98 Å². The van der Waals surface area contributed by atoms with Gasteiger partial charge in [-0.25, -0.2) is 0 Å². The number of nitrogens with one attached hydrogen (secondary N) is 1. The second kappa shape index (κ2) is 7.26. The van der Waals surface area contributed by atoms with Gasteiger partial charge in [0.05, 0.1) is 0 Å². The Kier molecular flexibility index (Phi) is 5.37. The van der Waals surface area contributed by atoms with E-state index in [-0.39, 0.29) is 5.43 Å². The Morgan fingerprint density at radius 2 is 1.86 bits per heavy atom. The number of fused-ring (bicyclic) bond motifs is 1. The van der Waals surface area contributed by atoms with Crippen molar-refractivity contribution in [2.45, 2.75) is 47.0 Å². The molecule has 2 aromatic rings. The highest BCUT2D eigenvalue weighted by Crippen LogP contribution is 2.13. The zero-order valence-electron chi connectivity index (χ0n) is 14.0. The van der Waals surface area contributed by atoms with Crippen LogP contribution in [0.3, 0.4) is 0 Å². The topological polar surface area (TPSA) is 32.9 Å². The van der Waals surface area contributed by atoms with Crippen molar-refractivity contribution in [1.82, 2.24) is 4.98 Å². The SMILES string of the molecule is CC(C)=CCC/C(C)=C/Cc1[nH]c2ccccc2c(=O)c1C. The van der Waals surface area contributed by atoms with Crippen molar-refractivity contribution in [3.05, 3.63) is 69.0 Å². The van der Waals surface area contributed by atoms with Crippen LogP contribution in [0, 0.1) is 6.92 Å². The quantitative estimate of drug-likeness (QED) is 0.767. The number of hydrogen-bond donors (Lipinski definition) is 1. The highest BCUT2D eigenvalue weighted by atomic mass is 16.1. The van der Waals surface area contributed by atoms with Gasteiger partial charge in [0.1, 0.15) is 0 Å². The Labute approximate surface area is 132 Å². The molecule has 0 fully saturated rings. The van der Waals surface area contributed by atoms with Crippen molar-refractivity contribution >= 4 is 10.9 Å². The Morgan fingerprint density at radius 1 is 1.14 bits per heavy atom. The fourth-order valence-corrected chi connectivity index (χ4v) is 2.56. The molecular formula is C20H25NO. The van der Waals surface area contributed by atoms with Crippen LogP contribution in [0.15, 0.2) is 52.4 Å². The van der Waals surface area contributed by atoms with Crippen LogP contribution in [0.2, 0.25) is 0 Å². The van der Waals surface area contributed by atoms with Crippen LogP contribution in [0.1, 0.15) is 44.9 Å². The lowest BCUT2D eigenvalue weighted by molar-refractivity contribution is 0.949. The van der Waals surface area contributed by atoms with Crippen molar-refractivity contribution < 1.29 is 0 Å². The van der Waals surface area contributed by atoms with Crippen molar-refractivity contribution in [2.24, 2.45) is 0 Å². The normalized spacial score (nSPS) is 11.7. The van der Waals surface area contributed by atoms with E-state index in [1.807, 2.05) is 31.2 Å². The van der Waals surface area contributed by atoms with Crippen molar-refractivity contribution in [3.63, 3.8) is 0 Å². The van der Waals surface area contributed by atoms with E-state index in [9.17, 15) is 4.79 Å². The molecule has 1 heterocycles. The minimum atomic E-state index is 0.139. The lowest BCUT2D eigenvalue weighted by atomic mass is 10.0. The molecule has 0 radical (unpaired) electrons. The van der Waals surface area contributed by atoms with Gasteiger partial charge in [0.2, 0.25) is 0 Å². The van der Waals surface area contributed by atoms with E-state index < -0.39 is 0 Å². The molecule has 2 heteroatoms. The predicted octanol–water partition coefficient (Wildman–Crippen LogP) is 5.07. The minimum Gasteiger partial charge on any atom is -0.358 e. The molecule has 0 spiro atoms. The van der Waals surface area contributed by atoms with Crippen LogP contribution in [0.25, 0.3) is 10.9 Å². The summed E-state index contributed by atoms with van der Waals surface area (Å²) in [5, 5.41) is 0.771. The zero-order valence-corrected chi connectivity index (χ0v) is 14.0. The maximum absolute atomic E-state index is 12.4. The van der Waals surface area contributed by atoms with Crippen LogP contribution in [-0.2, 0) is 6.42 Å². The molecule has 0 bridgehead atoms. The van der Waals surface area contributed by atoms with Gasteiger partial charge >= 0.3 is 0 Å². The van der Waals surface area contributed by atoms with Gasteiger partial charge in [0.25, 0.3) is 0 Å². The highest BCUT2D eigenvalue weighted by Gasteiger charge is 2.06. The number of aromatic nitrogens is 1. The van der Waals surface area contributed by atoms with Crippen molar-refractivity contribution in [1.29, 1.82) is 0 Å². The summed E-state index contributed by atoms with van der Waals surface area (Å²) >= 11 is 0. The smallest absolute Gasteiger partial charge is 0.192 e. The van der Waals surface area contributed by atoms with E-state index >= 15 is 0 Å². The third-order valence-corrected chi connectivity index (χ3v) is 4.00. The summed E-state index contributed by atoms with van der Waals surface area (Å²) in [6, 6.07) is 7.71. The first kappa shape index (κ1) is 16.3. The summed E-state index contributed by atoms with van der Waals surface area (Å²) in [7, 11) is 0. The molecule has 0 aliphatic rings. The molecule has 22 heavy (non-hydrogen) atoms. The van der Waals surface area contributed by atoms with Crippen molar-refractivity contribution in [3.8, 4) is 0 Å². The fraction of sp³-hybridized carbons (Fsp3) is 0.350. The molecule has 0 saturated heterocycles. The first-order valence-electron chi connectivity index (χ1n) is 7.88. The van der Waals surface area contributed by atoms with Gasteiger partial charge in [-0.1, -0.05) is 35.4 Å². The van der Waals surface area contributed by atoms with Crippen LogP contribution >= 0.6 is 0 Å². The van der Waals surface area contributed by atoms with Crippen LogP contribution in [0.4, 0.5) is 0 Å². The molecule has 116 valence electrons. The van der Waals surface area contributed by atoms with Crippen LogP contribution in [0.5, 0.6) is 0 Å². The molecule has 1 N–H and O–H groups in total. The predicted molar refractivity (Wildman–Crippen MR) is 95.4 cm³/mol. The maximum atomic E-state index is 12.4. The molecule has 1 aromatic carbocycles. The summed E-state index contributed by atoms with van der Waals surface area (Å²) in [5.41, 5.74) is 5.63. The molecule has 0 amide bonds. The molecule has 2 rings (SSSR count). The fourth-order valence-electron chi connectivity index (χ4n) is 2.56. The first-order chi connectivity index (χ1) is 10.5. The number of pyridine rings is 1. The minimum absolute atomic E-state index is 0.139. The van der Waals surface area contributed by atoms with E-state index in [0.29, 0.717) is 0 Å². The first-order valence-corrected chi connectivity index (χ1v) is 7.88. The summed E-state index contributed by atoms with van der Waals surface area (Å²) in [4.78, 5) is 15.8. The van der Waals surface area contributed by atoms with E-state index in [2.05, 4.69) is 37.9 Å². The number of H-pyrrole nitrogens is 1.